The lowest BCUT2D eigenvalue weighted by atomic mass is 9.99. The van der Waals surface area contributed by atoms with Crippen molar-refractivity contribution in [2.45, 2.75) is 71.3 Å². The Morgan fingerprint density at radius 1 is 1.11 bits per heavy atom. The molecule has 0 saturated carbocycles. The smallest absolute Gasteiger partial charge is 0.0250 e. The summed E-state index contributed by atoms with van der Waals surface area (Å²) < 4.78 is 0. The van der Waals surface area contributed by atoms with Gasteiger partial charge in [-0.25, -0.2) is 0 Å². The molecule has 0 aromatic heterocycles. The Hall–Kier alpha value is -0.860. The zero-order chi connectivity index (χ0) is 13.9. The molecule has 1 aromatic carbocycles. The number of benzene rings is 1. The number of hydrazine groups is 1. The molecule has 0 saturated heterocycles. The highest BCUT2D eigenvalue weighted by Crippen LogP contribution is 2.12. The zero-order valence-electron chi connectivity index (χ0n) is 12.6. The van der Waals surface area contributed by atoms with Gasteiger partial charge in [0.25, 0.3) is 0 Å². The largest absolute Gasteiger partial charge is 0.271 e. The minimum Gasteiger partial charge on any atom is -0.271 e. The SMILES string of the molecule is CCCCCCCCC(Cc1cccc(C)c1)NN. The van der Waals surface area contributed by atoms with Gasteiger partial charge in [0, 0.05) is 6.04 Å². The molecule has 2 nitrogen and oxygen atoms in total. The fourth-order valence-electron chi connectivity index (χ4n) is 2.54. The molecule has 1 rings (SSSR count). The van der Waals surface area contributed by atoms with Gasteiger partial charge in [-0.1, -0.05) is 75.3 Å². The van der Waals surface area contributed by atoms with E-state index in [0.717, 1.165) is 6.42 Å². The molecular formula is C17H30N2. The second-order valence-electron chi connectivity index (χ2n) is 5.61. The first kappa shape index (κ1) is 16.2. The molecule has 19 heavy (non-hydrogen) atoms. The summed E-state index contributed by atoms with van der Waals surface area (Å²) in [4.78, 5) is 0. The van der Waals surface area contributed by atoms with Crippen LogP contribution in [-0.2, 0) is 6.42 Å². The normalized spacial score (nSPS) is 12.6. The third kappa shape index (κ3) is 7.34. The highest BCUT2D eigenvalue weighted by atomic mass is 15.2. The lowest BCUT2D eigenvalue weighted by Crippen LogP contribution is -2.36. The summed E-state index contributed by atoms with van der Waals surface area (Å²) in [6, 6.07) is 9.13. The van der Waals surface area contributed by atoms with Crippen molar-refractivity contribution in [1.29, 1.82) is 0 Å². The van der Waals surface area contributed by atoms with Crippen LogP contribution in [0.15, 0.2) is 24.3 Å². The maximum atomic E-state index is 5.67. The van der Waals surface area contributed by atoms with E-state index < -0.39 is 0 Å². The van der Waals surface area contributed by atoms with Gasteiger partial charge >= 0.3 is 0 Å². The molecule has 1 unspecified atom stereocenters. The molecule has 0 heterocycles. The Morgan fingerprint density at radius 3 is 2.53 bits per heavy atom. The van der Waals surface area contributed by atoms with E-state index in [2.05, 4.69) is 43.5 Å². The van der Waals surface area contributed by atoms with Crippen molar-refractivity contribution in [3.05, 3.63) is 35.4 Å². The molecule has 3 N–H and O–H groups in total. The highest BCUT2D eigenvalue weighted by molar-refractivity contribution is 5.22. The molecule has 0 spiro atoms. The van der Waals surface area contributed by atoms with Gasteiger partial charge in [-0.05, 0) is 25.3 Å². The van der Waals surface area contributed by atoms with Gasteiger partial charge in [0.2, 0.25) is 0 Å². The maximum absolute atomic E-state index is 5.67. The number of aryl methyl sites for hydroxylation is 1. The summed E-state index contributed by atoms with van der Waals surface area (Å²) in [6.07, 6.45) is 10.3. The van der Waals surface area contributed by atoms with Crippen LogP contribution >= 0.6 is 0 Å². The molecule has 1 aromatic rings. The van der Waals surface area contributed by atoms with Crippen LogP contribution < -0.4 is 11.3 Å². The second-order valence-corrected chi connectivity index (χ2v) is 5.61. The molecule has 0 fully saturated rings. The molecule has 0 amide bonds. The standard InChI is InChI=1S/C17H30N2/c1-3-4-5-6-7-8-12-17(19-18)14-16-11-9-10-15(2)13-16/h9-11,13,17,19H,3-8,12,14,18H2,1-2H3. The monoisotopic (exact) mass is 262 g/mol. The van der Waals surface area contributed by atoms with Crippen LogP contribution in [0.1, 0.15) is 63.0 Å². The van der Waals surface area contributed by atoms with Crippen LogP contribution in [0.25, 0.3) is 0 Å². The molecule has 0 aliphatic carbocycles. The first-order valence-electron chi connectivity index (χ1n) is 7.78. The third-order valence-electron chi connectivity index (χ3n) is 3.71. The number of hydrogen-bond donors (Lipinski definition) is 2. The van der Waals surface area contributed by atoms with E-state index in [9.17, 15) is 0 Å². The van der Waals surface area contributed by atoms with Gasteiger partial charge in [-0.3, -0.25) is 11.3 Å². The van der Waals surface area contributed by atoms with Crippen LogP contribution in [0.3, 0.4) is 0 Å². The van der Waals surface area contributed by atoms with Crippen molar-refractivity contribution < 1.29 is 0 Å². The van der Waals surface area contributed by atoms with Gasteiger partial charge in [-0.15, -0.1) is 0 Å². The highest BCUT2D eigenvalue weighted by Gasteiger charge is 2.07. The van der Waals surface area contributed by atoms with Crippen molar-refractivity contribution in [3.63, 3.8) is 0 Å². The van der Waals surface area contributed by atoms with Crippen molar-refractivity contribution in [3.8, 4) is 0 Å². The lowest BCUT2D eigenvalue weighted by Gasteiger charge is -2.16. The Balaban J connectivity index is 2.22. The molecule has 2 heteroatoms. The third-order valence-corrected chi connectivity index (χ3v) is 3.71. The van der Waals surface area contributed by atoms with E-state index in [4.69, 9.17) is 5.84 Å². The van der Waals surface area contributed by atoms with Crippen molar-refractivity contribution >= 4 is 0 Å². The quantitative estimate of drug-likeness (QED) is 0.378. The Morgan fingerprint density at radius 2 is 1.84 bits per heavy atom. The minimum atomic E-state index is 0.410. The van der Waals surface area contributed by atoms with Crippen LogP contribution in [0.2, 0.25) is 0 Å². The minimum absolute atomic E-state index is 0.410. The predicted octanol–water partition coefficient (Wildman–Crippen LogP) is 4.12. The summed E-state index contributed by atoms with van der Waals surface area (Å²) in [5.74, 6) is 5.67. The molecule has 0 aliphatic heterocycles. The van der Waals surface area contributed by atoms with Crippen LogP contribution in [0.5, 0.6) is 0 Å². The summed E-state index contributed by atoms with van der Waals surface area (Å²) in [5, 5.41) is 0. The summed E-state index contributed by atoms with van der Waals surface area (Å²) in [7, 11) is 0. The Bertz CT molecular complexity index is 336. The predicted molar refractivity (Wildman–Crippen MR) is 84.0 cm³/mol. The average molecular weight is 262 g/mol. The van der Waals surface area contributed by atoms with Gasteiger partial charge in [0.05, 0.1) is 0 Å². The summed E-state index contributed by atoms with van der Waals surface area (Å²) >= 11 is 0. The van der Waals surface area contributed by atoms with Crippen molar-refractivity contribution in [2.75, 3.05) is 0 Å². The number of nitrogens with one attached hydrogen (secondary N) is 1. The van der Waals surface area contributed by atoms with E-state index in [1.54, 1.807) is 0 Å². The van der Waals surface area contributed by atoms with E-state index in [1.807, 2.05) is 0 Å². The molecule has 108 valence electrons. The molecule has 0 aliphatic rings. The number of nitrogens with two attached hydrogens (primary N) is 1. The van der Waals surface area contributed by atoms with E-state index in [1.165, 1.54) is 56.1 Å². The molecule has 1 atom stereocenters. The number of hydrogen-bond acceptors (Lipinski definition) is 2. The van der Waals surface area contributed by atoms with Crippen LogP contribution in [-0.4, -0.2) is 6.04 Å². The van der Waals surface area contributed by atoms with Crippen LogP contribution in [0, 0.1) is 6.92 Å². The summed E-state index contributed by atoms with van der Waals surface area (Å²) in [6.45, 7) is 4.40. The zero-order valence-corrected chi connectivity index (χ0v) is 12.6. The van der Waals surface area contributed by atoms with E-state index in [-0.39, 0.29) is 0 Å². The second kappa shape index (κ2) is 9.99. The van der Waals surface area contributed by atoms with Crippen molar-refractivity contribution in [1.82, 2.24) is 5.43 Å². The topological polar surface area (TPSA) is 38.0 Å². The van der Waals surface area contributed by atoms with Crippen LogP contribution in [0.4, 0.5) is 0 Å². The van der Waals surface area contributed by atoms with Gasteiger partial charge in [0.15, 0.2) is 0 Å². The number of rotatable bonds is 10. The van der Waals surface area contributed by atoms with Gasteiger partial charge < -0.3 is 0 Å². The lowest BCUT2D eigenvalue weighted by molar-refractivity contribution is 0.459. The van der Waals surface area contributed by atoms with Gasteiger partial charge in [0.1, 0.15) is 0 Å². The van der Waals surface area contributed by atoms with E-state index in [0.29, 0.717) is 6.04 Å². The Labute approximate surface area is 118 Å². The average Bonchev–Trinajstić information content (AvgIpc) is 2.41. The van der Waals surface area contributed by atoms with Crippen molar-refractivity contribution in [2.24, 2.45) is 5.84 Å². The molecule has 0 radical (unpaired) electrons. The number of unbranched alkanes of at least 4 members (excludes halogenated alkanes) is 5. The fourth-order valence-corrected chi connectivity index (χ4v) is 2.54. The van der Waals surface area contributed by atoms with Gasteiger partial charge in [-0.2, -0.15) is 0 Å². The molecular weight excluding hydrogens is 232 g/mol. The first-order chi connectivity index (χ1) is 9.26. The first-order valence-corrected chi connectivity index (χ1v) is 7.78. The summed E-state index contributed by atoms with van der Waals surface area (Å²) in [5.41, 5.74) is 5.68. The maximum Gasteiger partial charge on any atom is 0.0250 e. The fraction of sp³-hybridized carbons (Fsp3) is 0.647. The Kier molecular flexibility index (Phi) is 8.52. The van der Waals surface area contributed by atoms with E-state index >= 15 is 0 Å². The molecule has 0 bridgehead atoms.